The fourth-order valence-corrected chi connectivity index (χ4v) is 5.48. The average molecular weight is 502 g/mol. The van der Waals surface area contributed by atoms with Crippen molar-refractivity contribution >= 4 is 34.7 Å². The summed E-state index contributed by atoms with van der Waals surface area (Å²) in [5.74, 6) is 0.0522. The van der Waals surface area contributed by atoms with Gasteiger partial charge in [-0.25, -0.2) is 4.79 Å². The fraction of sp³-hybridized carbons (Fsp3) is 0.267. The minimum atomic E-state index is -0.998. The molecule has 1 heterocycles. The molecule has 0 aromatic heterocycles. The second-order valence-electron chi connectivity index (χ2n) is 9.37. The Morgan fingerprint density at radius 3 is 2.64 bits per heavy atom. The molecule has 6 heteroatoms. The molecular weight excluding hydrogens is 474 g/mol. The van der Waals surface area contributed by atoms with Crippen LogP contribution in [0, 0.1) is 5.92 Å². The zero-order valence-corrected chi connectivity index (χ0v) is 20.7. The van der Waals surface area contributed by atoms with Crippen LogP contribution in [0.15, 0.2) is 78.4 Å². The molecular formula is C30H28ClNO4. The van der Waals surface area contributed by atoms with E-state index in [1.165, 1.54) is 11.1 Å². The minimum absolute atomic E-state index is 0.0311. The molecule has 0 bridgehead atoms. The molecule has 184 valence electrons. The largest absolute Gasteiger partial charge is 0.488 e. The van der Waals surface area contributed by atoms with Gasteiger partial charge in [-0.15, -0.1) is 0 Å². The Hall–Kier alpha value is -3.57. The highest BCUT2D eigenvalue weighted by Gasteiger charge is 2.33. The average Bonchev–Trinajstić information content (AvgIpc) is 3.39. The third kappa shape index (κ3) is 5.17. The van der Waals surface area contributed by atoms with Crippen molar-refractivity contribution in [2.75, 3.05) is 11.4 Å². The number of allylic oxidation sites excluding steroid dienone is 1. The first kappa shape index (κ1) is 24.1. The van der Waals surface area contributed by atoms with Crippen molar-refractivity contribution in [3.8, 4) is 5.75 Å². The Kier molecular flexibility index (Phi) is 7.10. The molecule has 1 aliphatic carbocycles. The summed E-state index contributed by atoms with van der Waals surface area (Å²) >= 11 is 6.43. The number of halogens is 1. The maximum absolute atomic E-state index is 12.8. The zero-order valence-electron chi connectivity index (χ0n) is 20.0. The molecule has 36 heavy (non-hydrogen) atoms. The molecule has 1 N–H and O–H groups in total. The quantitative estimate of drug-likeness (QED) is 0.378. The smallest absolute Gasteiger partial charge is 0.335 e. The number of carboxylic acid groups (broad SMARTS) is 1. The van der Waals surface area contributed by atoms with E-state index >= 15 is 0 Å². The third-order valence-corrected chi connectivity index (χ3v) is 7.31. The van der Waals surface area contributed by atoms with Gasteiger partial charge in [-0.3, -0.25) is 4.79 Å². The number of benzene rings is 3. The number of ether oxygens (including phenoxy) is 1. The van der Waals surface area contributed by atoms with Crippen molar-refractivity contribution in [3.63, 3.8) is 0 Å². The number of hydrogen-bond acceptors (Lipinski definition) is 3. The van der Waals surface area contributed by atoms with Gasteiger partial charge in [0.2, 0.25) is 5.91 Å². The van der Waals surface area contributed by atoms with E-state index in [0.29, 0.717) is 30.3 Å². The third-order valence-electron chi connectivity index (χ3n) is 7.07. The molecule has 1 saturated heterocycles. The van der Waals surface area contributed by atoms with Crippen LogP contribution in [-0.2, 0) is 11.4 Å². The number of aromatic carboxylic acids is 1. The Bertz CT molecular complexity index is 1320. The normalized spacial score (nSPS) is 18.0. The van der Waals surface area contributed by atoms with Gasteiger partial charge in [-0.05, 0) is 79.1 Å². The standard InChI is InChI=1S/C30H28ClNO4/c31-23-13-14-28(36-19-20-6-2-1-3-7-20)27(17-23)26-11-5-10-25(26)22-12-15-29(33)32(18-22)24-9-4-8-21(16-24)30(34)35/h1-4,6-9,13-14,16-17,22H,5,10-12,15,18-19H2,(H,34,35). The highest BCUT2D eigenvalue weighted by atomic mass is 35.5. The number of anilines is 1. The number of rotatable bonds is 7. The van der Waals surface area contributed by atoms with Gasteiger partial charge in [0.25, 0.3) is 0 Å². The van der Waals surface area contributed by atoms with Gasteiger partial charge >= 0.3 is 5.97 Å². The molecule has 1 fully saturated rings. The van der Waals surface area contributed by atoms with E-state index < -0.39 is 5.97 Å². The van der Waals surface area contributed by atoms with Crippen LogP contribution in [0.3, 0.4) is 0 Å². The topological polar surface area (TPSA) is 66.8 Å². The molecule has 5 rings (SSSR count). The summed E-state index contributed by atoms with van der Waals surface area (Å²) in [5, 5.41) is 10.1. The van der Waals surface area contributed by atoms with Crippen molar-refractivity contribution in [2.24, 2.45) is 5.92 Å². The Morgan fingerprint density at radius 1 is 1.00 bits per heavy atom. The molecule has 0 spiro atoms. The Morgan fingerprint density at radius 2 is 1.83 bits per heavy atom. The van der Waals surface area contributed by atoms with E-state index in [4.69, 9.17) is 16.3 Å². The first-order chi connectivity index (χ1) is 17.5. The van der Waals surface area contributed by atoms with Gasteiger partial charge in [0.1, 0.15) is 12.4 Å². The van der Waals surface area contributed by atoms with Gasteiger partial charge in [0.15, 0.2) is 0 Å². The molecule has 1 atom stereocenters. The number of carboxylic acids is 1. The highest BCUT2D eigenvalue weighted by molar-refractivity contribution is 6.30. The minimum Gasteiger partial charge on any atom is -0.488 e. The number of carbonyl (C=O) groups is 2. The van der Waals surface area contributed by atoms with Crippen molar-refractivity contribution < 1.29 is 19.4 Å². The first-order valence-corrected chi connectivity index (χ1v) is 12.7. The second-order valence-corrected chi connectivity index (χ2v) is 9.80. The summed E-state index contributed by atoms with van der Waals surface area (Å²) in [6.45, 7) is 1.02. The van der Waals surface area contributed by atoms with Crippen molar-refractivity contribution in [3.05, 3.63) is 100 Å². The van der Waals surface area contributed by atoms with Crippen LogP contribution >= 0.6 is 11.6 Å². The predicted molar refractivity (Wildman–Crippen MR) is 141 cm³/mol. The van der Waals surface area contributed by atoms with Crippen LogP contribution in [0.4, 0.5) is 5.69 Å². The Balaban J connectivity index is 1.44. The maximum Gasteiger partial charge on any atom is 0.335 e. The van der Waals surface area contributed by atoms with Gasteiger partial charge < -0.3 is 14.7 Å². The summed E-state index contributed by atoms with van der Waals surface area (Å²) in [7, 11) is 0. The van der Waals surface area contributed by atoms with Gasteiger partial charge in [0, 0.05) is 29.2 Å². The number of carbonyl (C=O) groups excluding carboxylic acids is 1. The molecule has 3 aromatic rings. The molecule has 1 unspecified atom stereocenters. The van der Waals surface area contributed by atoms with E-state index in [2.05, 4.69) is 0 Å². The number of nitrogens with zero attached hydrogens (tertiary/aromatic N) is 1. The number of amides is 1. The van der Waals surface area contributed by atoms with E-state index in [-0.39, 0.29) is 17.4 Å². The monoisotopic (exact) mass is 501 g/mol. The predicted octanol–water partition coefficient (Wildman–Crippen LogP) is 7.00. The van der Waals surface area contributed by atoms with Crippen LogP contribution < -0.4 is 9.64 Å². The van der Waals surface area contributed by atoms with E-state index in [1.807, 2.05) is 54.6 Å². The molecule has 1 aliphatic heterocycles. The van der Waals surface area contributed by atoms with Gasteiger partial charge in [-0.2, -0.15) is 0 Å². The lowest BCUT2D eigenvalue weighted by molar-refractivity contribution is -0.120. The first-order valence-electron chi connectivity index (χ1n) is 12.3. The van der Waals surface area contributed by atoms with Crippen LogP contribution in [0.1, 0.15) is 53.6 Å². The van der Waals surface area contributed by atoms with E-state index in [0.717, 1.165) is 42.6 Å². The molecule has 1 amide bonds. The van der Waals surface area contributed by atoms with E-state index in [1.54, 1.807) is 23.1 Å². The number of hydrogen-bond donors (Lipinski definition) is 1. The lowest BCUT2D eigenvalue weighted by Crippen LogP contribution is -2.40. The summed E-state index contributed by atoms with van der Waals surface area (Å²) in [4.78, 5) is 26.0. The zero-order chi connectivity index (χ0) is 25.1. The summed E-state index contributed by atoms with van der Waals surface area (Å²) in [6, 6.07) is 22.5. The molecule has 0 radical (unpaired) electrons. The molecule has 3 aromatic carbocycles. The molecule has 2 aliphatic rings. The second kappa shape index (κ2) is 10.6. The SMILES string of the molecule is O=C(O)c1cccc(N2CC(C3=C(c4cc(Cl)ccc4OCc4ccccc4)CCC3)CCC2=O)c1. The number of piperidine rings is 1. The molecule has 0 saturated carbocycles. The van der Waals surface area contributed by atoms with Crippen molar-refractivity contribution in [1.29, 1.82) is 0 Å². The van der Waals surface area contributed by atoms with Crippen LogP contribution in [0.5, 0.6) is 5.75 Å². The van der Waals surface area contributed by atoms with Crippen molar-refractivity contribution in [2.45, 2.75) is 38.7 Å². The Labute approximate surface area is 216 Å². The highest BCUT2D eigenvalue weighted by Crippen LogP contribution is 2.44. The van der Waals surface area contributed by atoms with Crippen LogP contribution in [0.2, 0.25) is 5.02 Å². The summed E-state index contributed by atoms with van der Waals surface area (Å²) in [6.07, 6.45) is 4.19. The summed E-state index contributed by atoms with van der Waals surface area (Å²) in [5.41, 5.74) is 5.57. The lowest BCUT2D eigenvalue weighted by atomic mass is 9.85. The molecule has 5 nitrogen and oxygen atoms in total. The van der Waals surface area contributed by atoms with Crippen molar-refractivity contribution in [1.82, 2.24) is 0 Å². The lowest BCUT2D eigenvalue weighted by Gasteiger charge is -2.34. The van der Waals surface area contributed by atoms with Gasteiger partial charge in [0.05, 0.1) is 5.56 Å². The maximum atomic E-state index is 12.8. The van der Waals surface area contributed by atoms with Crippen LogP contribution in [-0.4, -0.2) is 23.5 Å². The van der Waals surface area contributed by atoms with Gasteiger partial charge in [-0.1, -0.05) is 53.6 Å². The van der Waals surface area contributed by atoms with Crippen LogP contribution in [0.25, 0.3) is 5.57 Å². The van der Waals surface area contributed by atoms with E-state index in [9.17, 15) is 14.7 Å². The summed E-state index contributed by atoms with van der Waals surface area (Å²) < 4.78 is 6.26. The fourth-order valence-electron chi connectivity index (χ4n) is 5.31.